The number of pyridine rings is 1. The molecule has 2 amide bonds. The van der Waals surface area contributed by atoms with Gasteiger partial charge in [0.15, 0.2) is 0 Å². The number of nitrogens with zero attached hydrogens (tertiary/aromatic N) is 2. The highest BCUT2D eigenvalue weighted by atomic mass is 16.2. The van der Waals surface area contributed by atoms with Gasteiger partial charge in [-0.3, -0.25) is 14.6 Å². The lowest BCUT2D eigenvalue weighted by atomic mass is 9.89. The fourth-order valence-electron chi connectivity index (χ4n) is 3.96. The summed E-state index contributed by atoms with van der Waals surface area (Å²) in [5, 5.41) is 3.00. The third-order valence-electron chi connectivity index (χ3n) is 5.70. The van der Waals surface area contributed by atoms with Crippen LogP contribution >= 0.6 is 0 Å². The molecular weight excluding hydrogens is 350 g/mol. The second-order valence-corrected chi connectivity index (χ2v) is 8.08. The van der Waals surface area contributed by atoms with Gasteiger partial charge in [0.05, 0.1) is 11.3 Å². The van der Waals surface area contributed by atoms with Crippen LogP contribution in [0.5, 0.6) is 0 Å². The van der Waals surface area contributed by atoms with Gasteiger partial charge in [-0.1, -0.05) is 12.1 Å². The normalized spacial score (nSPS) is 17.4. The molecule has 0 atom stereocenters. The number of carbonyl (C=O) groups is 2. The molecule has 2 aromatic rings. The van der Waals surface area contributed by atoms with Crippen molar-refractivity contribution in [1.29, 1.82) is 0 Å². The first kappa shape index (κ1) is 18.7. The van der Waals surface area contributed by atoms with Gasteiger partial charge in [0, 0.05) is 36.3 Å². The Balaban J connectivity index is 1.50. The van der Waals surface area contributed by atoms with E-state index in [9.17, 15) is 9.59 Å². The molecule has 5 nitrogen and oxygen atoms in total. The van der Waals surface area contributed by atoms with Crippen LogP contribution in [0.2, 0.25) is 0 Å². The second-order valence-electron chi connectivity index (χ2n) is 8.08. The van der Waals surface area contributed by atoms with Crippen molar-refractivity contribution in [3.8, 4) is 0 Å². The van der Waals surface area contributed by atoms with Crippen molar-refractivity contribution in [2.75, 3.05) is 18.4 Å². The number of nitrogens with one attached hydrogen (secondary N) is 1. The van der Waals surface area contributed by atoms with Crippen LogP contribution in [0.25, 0.3) is 0 Å². The lowest BCUT2D eigenvalue weighted by Crippen LogP contribution is -2.39. The maximum atomic E-state index is 13.0. The Morgan fingerprint density at radius 1 is 1.04 bits per heavy atom. The number of likely N-dealkylation sites (tertiary alicyclic amines) is 1. The molecule has 1 aliphatic heterocycles. The molecule has 5 heteroatoms. The Labute approximate surface area is 166 Å². The molecule has 0 unspecified atom stereocenters. The van der Waals surface area contributed by atoms with Crippen LogP contribution < -0.4 is 5.32 Å². The number of piperidine rings is 1. The summed E-state index contributed by atoms with van der Waals surface area (Å²) in [6.45, 7) is 5.48. The van der Waals surface area contributed by atoms with Gasteiger partial charge in [0.2, 0.25) is 5.91 Å². The fraction of sp³-hybridized carbons (Fsp3) is 0.435. The van der Waals surface area contributed by atoms with Gasteiger partial charge in [-0.15, -0.1) is 0 Å². The third-order valence-corrected chi connectivity index (χ3v) is 5.70. The second kappa shape index (κ2) is 7.74. The summed E-state index contributed by atoms with van der Waals surface area (Å²) in [5.74, 6) is 0.670. The molecule has 1 saturated heterocycles. The van der Waals surface area contributed by atoms with E-state index in [0.29, 0.717) is 11.5 Å². The minimum atomic E-state index is -0.121. The molecule has 0 bridgehead atoms. The zero-order chi connectivity index (χ0) is 19.7. The first-order valence-corrected chi connectivity index (χ1v) is 10.2. The van der Waals surface area contributed by atoms with Crippen LogP contribution in [0.3, 0.4) is 0 Å². The fourth-order valence-corrected chi connectivity index (χ4v) is 3.96. The Morgan fingerprint density at radius 3 is 2.46 bits per heavy atom. The smallest absolute Gasteiger partial charge is 0.257 e. The zero-order valence-corrected chi connectivity index (χ0v) is 16.6. The quantitative estimate of drug-likeness (QED) is 0.874. The van der Waals surface area contributed by atoms with Crippen molar-refractivity contribution in [1.82, 2.24) is 9.88 Å². The van der Waals surface area contributed by atoms with Crippen LogP contribution in [-0.4, -0.2) is 34.8 Å². The lowest BCUT2D eigenvalue weighted by molar-refractivity contribution is -0.133. The summed E-state index contributed by atoms with van der Waals surface area (Å²) in [6, 6.07) is 11.6. The van der Waals surface area contributed by atoms with Crippen molar-refractivity contribution in [3.63, 3.8) is 0 Å². The van der Waals surface area contributed by atoms with Crippen LogP contribution in [0.15, 0.2) is 36.4 Å². The zero-order valence-electron chi connectivity index (χ0n) is 16.6. The van der Waals surface area contributed by atoms with Gasteiger partial charge in [-0.2, -0.15) is 0 Å². The molecule has 1 aromatic heterocycles. The molecule has 0 radical (unpaired) electrons. The molecule has 146 valence electrons. The summed E-state index contributed by atoms with van der Waals surface area (Å²) in [7, 11) is 0. The molecule has 1 aromatic carbocycles. The number of carbonyl (C=O) groups excluding carboxylic acids is 2. The molecule has 0 spiro atoms. The number of hydrogen-bond donors (Lipinski definition) is 1. The number of anilines is 1. The predicted octanol–water partition coefficient (Wildman–Crippen LogP) is 4.07. The van der Waals surface area contributed by atoms with E-state index < -0.39 is 0 Å². The Kier molecular flexibility index (Phi) is 5.16. The Hall–Kier alpha value is -2.69. The van der Waals surface area contributed by atoms with Crippen molar-refractivity contribution in [3.05, 3.63) is 58.9 Å². The third kappa shape index (κ3) is 4.08. The summed E-state index contributed by atoms with van der Waals surface area (Å²) in [6.07, 6.45) is 3.81. The maximum Gasteiger partial charge on any atom is 0.257 e. The summed E-state index contributed by atoms with van der Waals surface area (Å²) >= 11 is 0. The average Bonchev–Trinajstić information content (AvgIpc) is 3.53. The molecule has 1 saturated carbocycles. The van der Waals surface area contributed by atoms with E-state index in [2.05, 4.69) is 5.32 Å². The molecule has 2 heterocycles. The van der Waals surface area contributed by atoms with Crippen LogP contribution in [0, 0.1) is 19.8 Å². The highest BCUT2D eigenvalue weighted by molar-refractivity contribution is 6.05. The Bertz CT molecular complexity index is 896. The van der Waals surface area contributed by atoms with Gasteiger partial charge in [-0.05, 0) is 69.4 Å². The van der Waals surface area contributed by atoms with Crippen molar-refractivity contribution in [2.24, 2.45) is 5.92 Å². The number of amides is 2. The standard InChI is InChI=1S/C23H27N3O2/c1-15-4-3-5-19(14-15)25-22(27)20-9-6-16(2)24-21(20)17-10-12-26(13-11-17)23(28)18-7-8-18/h3-6,9,14,17-18H,7-8,10-13H2,1-2H3,(H,25,27). The predicted molar refractivity (Wildman–Crippen MR) is 109 cm³/mol. The molecular formula is C23H27N3O2. The number of aromatic nitrogens is 1. The van der Waals surface area contributed by atoms with E-state index in [4.69, 9.17) is 4.98 Å². The summed E-state index contributed by atoms with van der Waals surface area (Å²) in [5.41, 5.74) is 4.32. The first-order valence-electron chi connectivity index (χ1n) is 10.2. The van der Waals surface area contributed by atoms with E-state index in [1.54, 1.807) is 0 Å². The molecule has 4 rings (SSSR count). The van der Waals surface area contributed by atoms with Crippen LogP contribution in [0.1, 0.15) is 58.9 Å². The highest BCUT2D eigenvalue weighted by Gasteiger charge is 2.35. The SMILES string of the molecule is Cc1cccc(NC(=O)c2ccc(C)nc2C2CCN(C(=O)C3CC3)CC2)c1. The van der Waals surface area contributed by atoms with E-state index in [1.807, 2.05) is 55.1 Å². The number of benzene rings is 1. The number of hydrogen-bond acceptors (Lipinski definition) is 3. The average molecular weight is 377 g/mol. The van der Waals surface area contributed by atoms with Gasteiger partial charge >= 0.3 is 0 Å². The van der Waals surface area contributed by atoms with Crippen molar-refractivity contribution in [2.45, 2.75) is 45.4 Å². The van der Waals surface area contributed by atoms with Crippen molar-refractivity contribution >= 4 is 17.5 Å². The molecule has 1 aliphatic carbocycles. The highest BCUT2D eigenvalue weighted by Crippen LogP contribution is 2.35. The van der Waals surface area contributed by atoms with E-state index in [-0.39, 0.29) is 17.7 Å². The largest absolute Gasteiger partial charge is 0.342 e. The van der Waals surface area contributed by atoms with Gasteiger partial charge < -0.3 is 10.2 Å². The maximum absolute atomic E-state index is 13.0. The monoisotopic (exact) mass is 377 g/mol. The van der Waals surface area contributed by atoms with E-state index in [0.717, 1.165) is 61.4 Å². The number of aryl methyl sites for hydroxylation is 2. The van der Waals surface area contributed by atoms with Gasteiger partial charge in [0.1, 0.15) is 0 Å². The minimum absolute atomic E-state index is 0.121. The summed E-state index contributed by atoms with van der Waals surface area (Å²) in [4.78, 5) is 32.0. The first-order chi connectivity index (χ1) is 13.5. The minimum Gasteiger partial charge on any atom is -0.342 e. The van der Waals surface area contributed by atoms with Gasteiger partial charge in [-0.25, -0.2) is 0 Å². The van der Waals surface area contributed by atoms with Gasteiger partial charge in [0.25, 0.3) is 5.91 Å². The van der Waals surface area contributed by atoms with Crippen LogP contribution in [-0.2, 0) is 4.79 Å². The molecule has 28 heavy (non-hydrogen) atoms. The van der Waals surface area contributed by atoms with E-state index in [1.165, 1.54) is 0 Å². The molecule has 2 aliphatic rings. The Morgan fingerprint density at radius 2 is 1.79 bits per heavy atom. The van der Waals surface area contributed by atoms with Crippen LogP contribution in [0.4, 0.5) is 5.69 Å². The number of rotatable bonds is 4. The molecule has 1 N–H and O–H groups in total. The van der Waals surface area contributed by atoms with Crippen molar-refractivity contribution < 1.29 is 9.59 Å². The molecule has 2 fully saturated rings. The lowest BCUT2D eigenvalue weighted by Gasteiger charge is -2.32. The summed E-state index contributed by atoms with van der Waals surface area (Å²) < 4.78 is 0. The van der Waals surface area contributed by atoms with E-state index >= 15 is 0 Å². The topological polar surface area (TPSA) is 62.3 Å².